The van der Waals surface area contributed by atoms with Gasteiger partial charge in [0.25, 0.3) is 0 Å². The van der Waals surface area contributed by atoms with Crippen molar-refractivity contribution in [2.24, 2.45) is 0 Å². The van der Waals surface area contributed by atoms with E-state index in [4.69, 9.17) is 4.74 Å². The fourth-order valence-corrected chi connectivity index (χ4v) is 1.76. The summed E-state index contributed by atoms with van der Waals surface area (Å²) in [6.07, 6.45) is 4.63. The number of rotatable bonds is 3. The first-order chi connectivity index (χ1) is 7.70. The van der Waals surface area contributed by atoms with E-state index in [0.717, 1.165) is 11.5 Å². The Morgan fingerprint density at radius 3 is 2.75 bits per heavy atom. The third-order valence-corrected chi connectivity index (χ3v) is 2.89. The molecule has 5 nitrogen and oxygen atoms in total. The second-order valence-corrected chi connectivity index (χ2v) is 4.18. The van der Waals surface area contributed by atoms with Gasteiger partial charge in [0.15, 0.2) is 0 Å². The molecule has 0 bridgehead atoms. The highest BCUT2D eigenvalue weighted by Gasteiger charge is 2.29. The maximum Gasteiger partial charge on any atom is 0.147 e. The Morgan fingerprint density at radius 1 is 1.38 bits per heavy atom. The highest BCUT2D eigenvalue weighted by molar-refractivity contribution is 5.38. The first kappa shape index (κ1) is 11.3. The van der Waals surface area contributed by atoms with Crippen LogP contribution >= 0.6 is 0 Å². The SMILES string of the molecule is Cc1nccnc1NCC1(O)CCOCC1. The molecule has 1 aliphatic rings. The zero-order chi connectivity index (χ0) is 11.4. The van der Waals surface area contributed by atoms with Gasteiger partial charge in [-0.3, -0.25) is 4.98 Å². The van der Waals surface area contributed by atoms with Crippen LogP contribution in [0, 0.1) is 6.92 Å². The minimum Gasteiger partial charge on any atom is -0.388 e. The van der Waals surface area contributed by atoms with E-state index in [-0.39, 0.29) is 0 Å². The summed E-state index contributed by atoms with van der Waals surface area (Å²) in [5.74, 6) is 0.738. The van der Waals surface area contributed by atoms with Gasteiger partial charge >= 0.3 is 0 Å². The number of aromatic nitrogens is 2. The largest absolute Gasteiger partial charge is 0.388 e. The third-order valence-electron chi connectivity index (χ3n) is 2.89. The lowest BCUT2D eigenvalue weighted by Gasteiger charge is -2.32. The molecule has 1 fully saturated rings. The number of ether oxygens (including phenoxy) is 1. The fraction of sp³-hybridized carbons (Fsp3) is 0.636. The minimum absolute atomic E-state index is 0.496. The summed E-state index contributed by atoms with van der Waals surface area (Å²) >= 11 is 0. The van der Waals surface area contributed by atoms with E-state index in [9.17, 15) is 5.11 Å². The number of nitrogens with one attached hydrogen (secondary N) is 1. The Balaban J connectivity index is 1.94. The number of anilines is 1. The molecule has 0 atom stereocenters. The van der Waals surface area contributed by atoms with Gasteiger partial charge in [0.2, 0.25) is 0 Å². The predicted octanol–water partition coefficient (Wildman–Crippen LogP) is 0.738. The van der Waals surface area contributed by atoms with E-state index in [2.05, 4.69) is 15.3 Å². The van der Waals surface area contributed by atoms with Crippen LogP contribution in [-0.4, -0.2) is 40.4 Å². The van der Waals surface area contributed by atoms with Crippen LogP contribution in [0.4, 0.5) is 5.82 Å². The van der Waals surface area contributed by atoms with E-state index in [0.29, 0.717) is 32.6 Å². The molecule has 1 saturated heterocycles. The van der Waals surface area contributed by atoms with Crippen LogP contribution in [0.2, 0.25) is 0 Å². The number of hydrogen-bond acceptors (Lipinski definition) is 5. The molecule has 1 aromatic heterocycles. The van der Waals surface area contributed by atoms with Gasteiger partial charge in [-0.2, -0.15) is 0 Å². The monoisotopic (exact) mass is 223 g/mol. The lowest BCUT2D eigenvalue weighted by Crippen LogP contribution is -2.42. The lowest BCUT2D eigenvalue weighted by molar-refractivity contribution is -0.0543. The van der Waals surface area contributed by atoms with Crippen molar-refractivity contribution in [2.45, 2.75) is 25.4 Å². The number of nitrogens with zero attached hydrogens (tertiary/aromatic N) is 2. The molecule has 2 rings (SSSR count). The zero-order valence-corrected chi connectivity index (χ0v) is 9.44. The van der Waals surface area contributed by atoms with E-state index < -0.39 is 5.60 Å². The van der Waals surface area contributed by atoms with Crippen molar-refractivity contribution in [3.8, 4) is 0 Å². The Kier molecular flexibility index (Phi) is 3.36. The summed E-state index contributed by atoms with van der Waals surface area (Å²) in [7, 11) is 0. The smallest absolute Gasteiger partial charge is 0.147 e. The Labute approximate surface area is 94.9 Å². The predicted molar refractivity (Wildman–Crippen MR) is 60.3 cm³/mol. The molecule has 0 aliphatic carbocycles. The Hall–Kier alpha value is -1.20. The van der Waals surface area contributed by atoms with Crippen molar-refractivity contribution in [3.05, 3.63) is 18.1 Å². The van der Waals surface area contributed by atoms with Gasteiger partial charge in [-0.25, -0.2) is 4.98 Å². The molecule has 0 spiro atoms. The third kappa shape index (κ3) is 2.68. The molecule has 1 aromatic rings. The van der Waals surface area contributed by atoms with Crippen LogP contribution < -0.4 is 5.32 Å². The quantitative estimate of drug-likeness (QED) is 0.791. The minimum atomic E-state index is -0.678. The van der Waals surface area contributed by atoms with Gasteiger partial charge in [0.05, 0.1) is 11.3 Å². The van der Waals surface area contributed by atoms with Crippen LogP contribution in [0.1, 0.15) is 18.5 Å². The van der Waals surface area contributed by atoms with Crippen LogP contribution in [0.15, 0.2) is 12.4 Å². The summed E-state index contributed by atoms with van der Waals surface area (Å²) in [6.45, 7) is 3.63. The molecule has 5 heteroatoms. The maximum absolute atomic E-state index is 10.2. The topological polar surface area (TPSA) is 67.3 Å². The van der Waals surface area contributed by atoms with Gasteiger partial charge < -0.3 is 15.2 Å². The highest BCUT2D eigenvalue weighted by atomic mass is 16.5. The molecular weight excluding hydrogens is 206 g/mol. The molecule has 2 N–H and O–H groups in total. The van der Waals surface area contributed by atoms with Crippen LogP contribution in [0.25, 0.3) is 0 Å². The standard InChI is InChI=1S/C11H17N3O2/c1-9-10(13-5-4-12-9)14-8-11(15)2-6-16-7-3-11/h4-5,15H,2-3,6-8H2,1H3,(H,13,14). The van der Waals surface area contributed by atoms with Crippen LogP contribution in [-0.2, 0) is 4.74 Å². The molecule has 0 radical (unpaired) electrons. The second-order valence-electron chi connectivity index (χ2n) is 4.18. The summed E-state index contributed by atoms with van der Waals surface area (Å²) < 4.78 is 5.22. The molecule has 0 unspecified atom stereocenters. The van der Waals surface area contributed by atoms with E-state index in [1.807, 2.05) is 6.92 Å². The average molecular weight is 223 g/mol. The average Bonchev–Trinajstić information content (AvgIpc) is 2.29. The lowest BCUT2D eigenvalue weighted by atomic mass is 9.94. The van der Waals surface area contributed by atoms with E-state index >= 15 is 0 Å². The van der Waals surface area contributed by atoms with E-state index in [1.54, 1.807) is 12.4 Å². The normalized spacial score (nSPS) is 19.4. The van der Waals surface area contributed by atoms with Gasteiger partial charge in [0, 0.05) is 45.0 Å². The van der Waals surface area contributed by atoms with Crippen molar-refractivity contribution in [1.29, 1.82) is 0 Å². The fourth-order valence-electron chi connectivity index (χ4n) is 1.76. The Morgan fingerprint density at radius 2 is 2.06 bits per heavy atom. The molecule has 88 valence electrons. The molecule has 0 amide bonds. The molecule has 0 aromatic carbocycles. The second kappa shape index (κ2) is 4.76. The van der Waals surface area contributed by atoms with Crippen LogP contribution in [0.5, 0.6) is 0 Å². The summed E-state index contributed by atoms with van der Waals surface area (Å²) in [5, 5.41) is 13.4. The first-order valence-corrected chi connectivity index (χ1v) is 5.51. The molecule has 1 aliphatic heterocycles. The highest BCUT2D eigenvalue weighted by Crippen LogP contribution is 2.21. The zero-order valence-electron chi connectivity index (χ0n) is 9.44. The Bertz CT molecular complexity index is 351. The van der Waals surface area contributed by atoms with Gasteiger partial charge in [0.1, 0.15) is 5.82 Å². The molecule has 2 heterocycles. The maximum atomic E-state index is 10.2. The van der Waals surface area contributed by atoms with Gasteiger partial charge in [-0.1, -0.05) is 0 Å². The van der Waals surface area contributed by atoms with Crippen molar-refractivity contribution >= 4 is 5.82 Å². The summed E-state index contributed by atoms with van der Waals surface area (Å²) in [5.41, 5.74) is 0.167. The van der Waals surface area contributed by atoms with Crippen molar-refractivity contribution in [3.63, 3.8) is 0 Å². The van der Waals surface area contributed by atoms with Crippen molar-refractivity contribution < 1.29 is 9.84 Å². The first-order valence-electron chi connectivity index (χ1n) is 5.51. The molecular formula is C11H17N3O2. The van der Waals surface area contributed by atoms with Crippen LogP contribution in [0.3, 0.4) is 0 Å². The number of hydrogen-bond donors (Lipinski definition) is 2. The van der Waals surface area contributed by atoms with Gasteiger partial charge in [-0.05, 0) is 6.92 Å². The summed E-state index contributed by atoms with van der Waals surface area (Å²) in [6, 6.07) is 0. The van der Waals surface area contributed by atoms with E-state index in [1.165, 1.54) is 0 Å². The number of aliphatic hydroxyl groups is 1. The van der Waals surface area contributed by atoms with Gasteiger partial charge in [-0.15, -0.1) is 0 Å². The van der Waals surface area contributed by atoms with Crippen molar-refractivity contribution in [2.75, 3.05) is 25.1 Å². The number of aryl methyl sites for hydroxylation is 1. The summed E-state index contributed by atoms with van der Waals surface area (Å²) in [4.78, 5) is 8.31. The molecule has 0 saturated carbocycles. The van der Waals surface area contributed by atoms with Crippen molar-refractivity contribution in [1.82, 2.24) is 9.97 Å². The molecule has 16 heavy (non-hydrogen) atoms.